The van der Waals surface area contributed by atoms with Crippen LogP contribution in [-0.4, -0.2) is 12.2 Å². The summed E-state index contributed by atoms with van der Waals surface area (Å²) in [6.45, 7) is 2.89. The Labute approximate surface area is 48.1 Å². The van der Waals surface area contributed by atoms with E-state index in [2.05, 4.69) is 5.32 Å². The highest BCUT2D eigenvalue weighted by atomic mass is 16.2. The van der Waals surface area contributed by atoms with Gasteiger partial charge in [0.2, 0.25) is 5.91 Å². The average molecular weight is 114 g/mol. The van der Waals surface area contributed by atoms with E-state index >= 15 is 0 Å². The van der Waals surface area contributed by atoms with Crippen molar-refractivity contribution in [1.29, 1.82) is 0 Å². The van der Waals surface area contributed by atoms with Gasteiger partial charge in [0.15, 0.2) is 0 Å². The second kappa shape index (κ2) is 3.18. The molecule has 3 heteroatoms. The van der Waals surface area contributed by atoms with Gasteiger partial charge in [0.05, 0.1) is 0 Å². The van der Waals surface area contributed by atoms with Crippen LogP contribution in [0.4, 0.5) is 0 Å². The van der Waals surface area contributed by atoms with Crippen LogP contribution in [0, 0.1) is 6.04 Å². The predicted octanol–water partition coefficient (Wildman–Crippen LogP) is -0.127. The highest BCUT2D eigenvalue weighted by Gasteiger charge is 1.98. The quantitative estimate of drug-likeness (QED) is 0.508. The van der Waals surface area contributed by atoms with E-state index in [1.165, 1.54) is 13.8 Å². The Balaban J connectivity index is 3.38. The van der Waals surface area contributed by atoms with Crippen molar-refractivity contribution in [3.8, 4) is 0 Å². The third-order valence-electron chi connectivity index (χ3n) is 0.550. The molecule has 45 valence electrons. The van der Waals surface area contributed by atoms with E-state index in [-0.39, 0.29) is 5.91 Å². The van der Waals surface area contributed by atoms with E-state index in [1.54, 1.807) is 0 Å². The second-order valence-electron chi connectivity index (χ2n) is 1.48. The predicted molar refractivity (Wildman–Crippen MR) is 28.8 cm³/mol. The van der Waals surface area contributed by atoms with Gasteiger partial charge >= 0.3 is 0 Å². The van der Waals surface area contributed by atoms with Gasteiger partial charge < -0.3 is 10.1 Å². The maximum atomic E-state index is 10.1. The Morgan fingerprint density at radius 1 is 1.50 bits per heavy atom. The number of hydrogen-bond donors (Lipinski definition) is 1. The third-order valence-corrected chi connectivity index (χ3v) is 0.550. The summed E-state index contributed by atoms with van der Waals surface area (Å²) in [6, 6.07) is 0.345. The molecule has 0 atom stereocenters. The summed E-state index contributed by atoms with van der Waals surface area (Å²) in [5.41, 5.74) is 0. The summed E-state index contributed by atoms with van der Waals surface area (Å²) < 4.78 is 0. The smallest absolute Gasteiger partial charge is 0.217 e. The van der Waals surface area contributed by atoms with Crippen LogP contribution in [0.25, 0.3) is 0 Å². The Bertz CT molecular complexity index is 101. The standard InChI is InChI=1S/C5H8NO2/c1-4(3-7)6-5(2)8/h3H,1-2H3,(H,6,8). The van der Waals surface area contributed by atoms with E-state index in [0.717, 1.165) is 0 Å². The maximum Gasteiger partial charge on any atom is 0.217 e. The molecule has 0 aromatic carbocycles. The van der Waals surface area contributed by atoms with Gasteiger partial charge in [-0.15, -0.1) is 0 Å². The Kier molecular flexibility index (Phi) is 2.84. The molecule has 8 heavy (non-hydrogen) atoms. The van der Waals surface area contributed by atoms with E-state index < -0.39 is 0 Å². The zero-order valence-electron chi connectivity index (χ0n) is 4.89. The van der Waals surface area contributed by atoms with Gasteiger partial charge in [-0.05, 0) is 6.92 Å². The van der Waals surface area contributed by atoms with Gasteiger partial charge in [-0.3, -0.25) is 4.79 Å². The molecule has 1 N–H and O–H groups in total. The molecule has 0 aliphatic heterocycles. The van der Waals surface area contributed by atoms with Crippen molar-refractivity contribution in [3.05, 3.63) is 6.04 Å². The molecule has 0 saturated carbocycles. The van der Waals surface area contributed by atoms with Gasteiger partial charge in [0.25, 0.3) is 0 Å². The highest BCUT2D eigenvalue weighted by Crippen LogP contribution is 1.81. The van der Waals surface area contributed by atoms with Gasteiger partial charge in [0, 0.05) is 6.92 Å². The summed E-state index contributed by atoms with van der Waals surface area (Å²) in [7, 11) is 0. The topological polar surface area (TPSA) is 46.2 Å². The molecule has 0 aromatic heterocycles. The minimum atomic E-state index is -0.213. The number of rotatable bonds is 2. The lowest BCUT2D eigenvalue weighted by Gasteiger charge is -1.99. The summed E-state index contributed by atoms with van der Waals surface area (Å²) in [6.07, 6.45) is 0.599. The van der Waals surface area contributed by atoms with Crippen LogP contribution >= 0.6 is 0 Å². The van der Waals surface area contributed by atoms with Crippen LogP contribution in [0.1, 0.15) is 13.8 Å². The lowest BCUT2D eigenvalue weighted by Crippen LogP contribution is -2.24. The van der Waals surface area contributed by atoms with E-state index in [9.17, 15) is 9.59 Å². The van der Waals surface area contributed by atoms with Crippen LogP contribution in [0.5, 0.6) is 0 Å². The summed E-state index contributed by atoms with van der Waals surface area (Å²) in [5, 5.41) is 2.30. The zero-order chi connectivity index (χ0) is 6.57. The highest BCUT2D eigenvalue weighted by molar-refractivity contribution is 5.81. The lowest BCUT2D eigenvalue weighted by molar-refractivity contribution is -0.120. The molecule has 0 heterocycles. The molecule has 0 aliphatic carbocycles. The van der Waals surface area contributed by atoms with Gasteiger partial charge in [0.1, 0.15) is 12.3 Å². The number of carbonyl (C=O) groups excluding carboxylic acids is 2. The third kappa shape index (κ3) is 3.33. The fraction of sp³-hybridized carbons (Fsp3) is 0.400. The molecule has 0 fully saturated rings. The second-order valence-corrected chi connectivity index (χ2v) is 1.48. The SMILES string of the molecule is C[C](C=O)NC(C)=O. The number of hydrogen-bond acceptors (Lipinski definition) is 2. The molecular formula is C5H8NO2. The Morgan fingerprint density at radius 3 is 2.12 bits per heavy atom. The van der Waals surface area contributed by atoms with E-state index in [4.69, 9.17) is 0 Å². The summed E-state index contributed by atoms with van der Waals surface area (Å²) >= 11 is 0. The summed E-state index contributed by atoms with van der Waals surface area (Å²) in [5.74, 6) is -0.213. The molecule has 3 nitrogen and oxygen atoms in total. The molecule has 1 amide bonds. The molecular weight excluding hydrogens is 106 g/mol. The van der Waals surface area contributed by atoms with Crippen molar-refractivity contribution in [2.45, 2.75) is 13.8 Å². The van der Waals surface area contributed by atoms with Crippen LogP contribution in [-0.2, 0) is 9.59 Å². The molecule has 0 saturated heterocycles. The maximum absolute atomic E-state index is 10.1. The Morgan fingerprint density at radius 2 is 2.00 bits per heavy atom. The number of amides is 1. The normalized spacial score (nSPS) is 8.88. The minimum absolute atomic E-state index is 0.213. The van der Waals surface area contributed by atoms with E-state index in [0.29, 0.717) is 12.3 Å². The van der Waals surface area contributed by atoms with Gasteiger partial charge in [-0.25, -0.2) is 0 Å². The first-order chi connectivity index (χ1) is 3.66. The fourth-order valence-electron chi connectivity index (χ4n) is 0.307. The molecule has 0 bridgehead atoms. The van der Waals surface area contributed by atoms with Crippen LogP contribution in [0.15, 0.2) is 0 Å². The number of carbonyl (C=O) groups is 2. The van der Waals surface area contributed by atoms with Gasteiger partial charge in [-0.2, -0.15) is 0 Å². The van der Waals surface area contributed by atoms with Crippen molar-refractivity contribution in [3.63, 3.8) is 0 Å². The molecule has 0 spiro atoms. The van der Waals surface area contributed by atoms with Crippen molar-refractivity contribution in [2.75, 3.05) is 0 Å². The van der Waals surface area contributed by atoms with Crippen LogP contribution in [0.2, 0.25) is 0 Å². The summed E-state index contributed by atoms with van der Waals surface area (Å²) in [4.78, 5) is 19.9. The molecule has 0 aliphatic rings. The van der Waals surface area contributed by atoms with E-state index in [1.807, 2.05) is 0 Å². The molecule has 1 radical (unpaired) electrons. The largest absolute Gasteiger partial charge is 0.342 e. The average Bonchev–Trinajstić information content (AvgIpc) is 1.65. The first-order valence-corrected chi connectivity index (χ1v) is 2.23. The van der Waals surface area contributed by atoms with Crippen molar-refractivity contribution >= 4 is 12.2 Å². The lowest BCUT2D eigenvalue weighted by atomic mass is 10.4. The minimum Gasteiger partial charge on any atom is -0.342 e. The van der Waals surface area contributed by atoms with Crippen molar-refractivity contribution in [1.82, 2.24) is 5.32 Å². The van der Waals surface area contributed by atoms with Crippen LogP contribution < -0.4 is 5.32 Å². The molecule has 0 unspecified atom stereocenters. The Hall–Kier alpha value is -0.860. The first-order valence-electron chi connectivity index (χ1n) is 2.23. The molecule has 0 rings (SSSR count). The zero-order valence-corrected chi connectivity index (χ0v) is 4.89. The van der Waals surface area contributed by atoms with Gasteiger partial charge in [-0.1, -0.05) is 0 Å². The van der Waals surface area contributed by atoms with Crippen LogP contribution in [0.3, 0.4) is 0 Å². The number of aldehydes is 1. The number of nitrogens with one attached hydrogen (secondary N) is 1. The molecule has 0 aromatic rings. The fourth-order valence-corrected chi connectivity index (χ4v) is 0.307. The van der Waals surface area contributed by atoms with Crippen molar-refractivity contribution in [2.24, 2.45) is 0 Å². The monoisotopic (exact) mass is 114 g/mol. The first kappa shape index (κ1) is 7.14. The van der Waals surface area contributed by atoms with Crippen molar-refractivity contribution < 1.29 is 9.59 Å².